The second kappa shape index (κ2) is 7.44. The molecule has 0 spiro atoms. The number of aryl methyl sites for hydroxylation is 2. The Morgan fingerprint density at radius 1 is 1.17 bits per heavy atom. The molecule has 0 bridgehead atoms. The summed E-state index contributed by atoms with van der Waals surface area (Å²) >= 11 is 0. The van der Waals surface area contributed by atoms with E-state index in [4.69, 9.17) is 4.74 Å². The number of nitrogens with zero attached hydrogens (tertiary/aromatic N) is 2. The normalized spacial score (nSPS) is 12.7. The Morgan fingerprint density at radius 3 is 2.22 bits per heavy atom. The molecule has 0 amide bonds. The molecule has 1 aromatic heterocycles. The van der Waals surface area contributed by atoms with Gasteiger partial charge in [0.05, 0.1) is 0 Å². The van der Waals surface area contributed by atoms with Crippen LogP contribution in [0.15, 0.2) is 0 Å². The van der Waals surface area contributed by atoms with E-state index in [0.717, 1.165) is 36.6 Å². The van der Waals surface area contributed by atoms with Gasteiger partial charge in [-0.15, -0.1) is 0 Å². The smallest absolute Gasteiger partial charge is 0.157 e. The average Bonchev–Trinajstić information content (AvgIpc) is 2.33. The summed E-state index contributed by atoms with van der Waals surface area (Å²) in [6, 6.07) is 0. The van der Waals surface area contributed by atoms with Crippen LogP contribution in [0, 0.1) is 13.8 Å². The van der Waals surface area contributed by atoms with Gasteiger partial charge in [-0.1, -0.05) is 13.3 Å². The van der Waals surface area contributed by atoms with E-state index in [9.17, 15) is 0 Å². The number of ether oxygens (including phenoxy) is 1. The van der Waals surface area contributed by atoms with Crippen molar-refractivity contribution in [2.24, 2.45) is 0 Å². The van der Waals surface area contributed by atoms with Crippen molar-refractivity contribution in [2.45, 2.75) is 53.2 Å². The molecule has 1 rings (SSSR count). The number of hydrogen-bond acceptors (Lipinski definition) is 4. The van der Waals surface area contributed by atoms with Crippen molar-refractivity contribution in [1.82, 2.24) is 15.3 Å². The minimum absolute atomic E-state index is 0.0287. The number of aromatic nitrogens is 2. The molecule has 1 atom stereocenters. The molecule has 0 aromatic carbocycles. The predicted molar refractivity (Wildman–Crippen MR) is 73.5 cm³/mol. The molecule has 4 nitrogen and oxygen atoms in total. The Morgan fingerprint density at radius 2 is 1.78 bits per heavy atom. The molecule has 1 N–H and O–H groups in total. The Kier molecular flexibility index (Phi) is 6.22. The fourth-order valence-corrected chi connectivity index (χ4v) is 2.09. The van der Waals surface area contributed by atoms with Crippen molar-refractivity contribution in [1.29, 1.82) is 0 Å². The lowest BCUT2D eigenvalue weighted by Gasteiger charge is -2.17. The Labute approximate surface area is 110 Å². The lowest BCUT2D eigenvalue weighted by molar-refractivity contribution is 0.0491. The maximum atomic E-state index is 5.74. The summed E-state index contributed by atoms with van der Waals surface area (Å²) < 4.78 is 5.74. The van der Waals surface area contributed by atoms with Crippen LogP contribution in [0.2, 0.25) is 0 Å². The van der Waals surface area contributed by atoms with Crippen LogP contribution >= 0.6 is 0 Å². The van der Waals surface area contributed by atoms with Crippen molar-refractivity contribution >= 4 is 0 Å². The Balaban J connectivity index is 3.02. The summed E-state index contributed by atoms with van der Waals surface area (Å²) in [6.45, 7) is 9.76. The lowest BCUT2D eigenvalue weighted by atomic mass is 10.1. The van der Waals surface area contributed by atoms with Crippen LogP contribution in [0.3, 0.4) is 0 Å². The first kappa shape index (κ1) is 15.1. The maximum Gasteiger partial charge on any atom is 0.157 e. The highest BCUT2D eigenvalue weighted by Crippen LogP contribution is 2.21. The van der Waals surface area contributed by atoms with Gasteiger partial charge in [0.25, 0.3) is 0 Å². The van der Waals surface area contributed by atoms with E-state index in [1.165, 1.54) is 5.56 Å². The Hall–Kier alpha value is -1.00. The first-order valence-electron chi connectivity index (χ1n) is 6.74. The van der Waals surface area contributed by atoms with Gasteiger partial charge in [-0.25, -0.2) is 9.97 Å². The molecular formula is C14H25N3O. The van der Waals surface area contributed by atoms with Crippen LogP contribution in [-0.2, 0) is 11.3 Å². The van der Waals surface area contributed by atoms with Crippen LogP contribution in [0.1, 0.15) is 55.6 Å². The second-order valence-electron chi connectivity index (χ2n) is 4.49. The van der Waals surface area contributed by atoms with Gasteiger partial charge in [-0.3, -0.25) is 0 Å². The van der Waals surface area contributed by atoms with E-state index in [-0.39, 0.29) is 6.10 Å². The summed E-state index contributed by atoms with van der Waals surface area (Å²) in [7, 11) is 1.94. The van der Waals surface area contributed by atoms with E-state index < -0.39 is 0 Å². The van der Waals surface area contributed by atoms with Crippen LogP contribution in [0.25, 0.3) is 0 Å². The van der Waals surface area contributed by atoms with E-state index in [1.54, 1.807) is 0 Å². The van der Waals surface area contributed by atoms with E-state index in [0.29, 0.717) is 6.61 Å². The topological polar surface area (TPSA) is 47.0 Å². The van der Waals surface area contributed by atoms with Gasteiger partial charge in [0.15, 0.2) is 5.82 Å². The number of hydrogen-bond donors (Lipinski definition) is 1. The quantitative estimate of drug-likeness (QED) is 0.809. The molecule has 0 saturated carbocycles. The molecule has 0 aliphatic rings. The summed E-state index contributed by atoms with van der Waals surface area (Å²) in [5, 5.41) is 3.15. The number of nitrogens with one attached hydrogen (secondary N) is 1. The molecule has 102 valence electrons. The summed E-state index contributed by atoms with van der Waals surface area (Å²) in [5.74, 6) is 0.827. The van der Waals surface area contributed by atoms with Gasteiger partial charge < -0.3 is 10.1 Å². The van der Waals surface area contributed by atoms with Gasteiger partial charge >= 0.3 is 0 Å². The van der Waals surface area contributed by atoms with Crippen molar-refractivity contribution in [2.75, 3.05) is 13.7 Å². The van der Waals surface area contributed by atoms with Gasteiger partial charge in [0.2, 0.25) is 0 Å². The van der Waals surface area contributed by atoms with Crippen LogP contribution in [0.5, 0.6) is 0 Å². The molecular weight excluding hydrogens is 226 g/mol. The first-order valence-corrected chi connectivity index (χ1v) is 6.74. The summed E-state index contributed by atoms with van der Waals surface area (Å²) in [4.78, 5) is 9.23. The zero-order valence-electron chi connectivity index (χ0n) is 12.2. The maximum absolute atomic E-state index is 5.74. The standard InChI is InChI=1S/C14H25N3O/c1-6-8-13(18-7-2)14-16-10(3)12(9-15-5)11(4)17-14/h13,15H,6-9H2,1-5H3. The van der Waals surface area contributed by atoms with Gasteiger partial charge in [-0.05, 0) is 34.2 Å². The summed E-state index contributed by atoms with van der Waals surface area (Å²) in [6.07, 6.45) is 2.07. The molecule has 0 fully saturated rings. The monoisotopic (exact) mass is 251 g/mol. The molecule has 4 heteroatoms. The Bertz CT molecular complexity index is 350. The largest absolute Gasteiger partial charge is 0.371 e. The van der Waals surface area contributed by atoms with Crippen molar-refractivity contribution in [3.05, 3.63) is 22.8 Å². The van der Waals surface area contributed by atoms with Crippen LogP contribution in [-0.4, -0.2) is 23.6 Å². The van der Waals surface area contributed by atoms with E-state index in [2.05, 4.69) is 22.2 Å². The van der Waals surface area contributed by atoms with Crippen LogP contribution in [0.4, 0.5) is 0 Å². The van der Waals surface area contributed by atoms with Crippen molar-refractivity contribution < 1.29 is 4.74 Å². The molecule has 0 aliphatic carbocycles. The van der Waals surface area contributed by atoms with Crippen LogP contribution < -0.4 is 5.32 Å². The minimum Gasteiger partial charge on any atom is -0.371 e. The number of rotatable bonds is 7. The van der Waals surface area contributed by atoms with Gasteiger partial charge in [0, 0.05) is 30.1 Å². The molecule has 0 radical (unpaired) electrons. The third-order valence-electron chi connectivity index (χ3n) is 3.00. The molecule has 18 heavy (non-hydrogen) atoms. The van der Waals surface area contributed by atoms with Gasteiger partial charge in [0.1, 0.15) is 6.10 Å². The van der Waals surface area contributed by atoms with E-state index in [1.807, 2.05) is 27.8 Å². The average molecular weight is 251 g/mol. The molecule has 1 aromatic rings. The fourth-order valence-electron chi connectivity index (χ4n) is 2.09. The molecule has 1 unspecified atom stereocenters. The second-order valence-corrected chi connectivity index (χ2v) is 4.49. The zero-order chi connectivity index (χ0) is 13.5. The van der Waals surface area contributed by atoms with Crippen molar-refractivity contribution in [3.8, 4) is 0 Å². The highest BCUT2D eigenvalue weighted by atomic mass is 16.5. The molecule has 0 aliphatic heterocycles. The highest BCUT2D eigenvalue weighted by molar-refractivity contribution is 5.24. The predicted octanol–water partition coefficient (Wildman–Crippen LogP) is 2.69. The first-order chi connectivity index (χ1) is 8.63. The lowest BCUT2D eigenvalue weighted by Crippen LogP contribution is -2.15. The van der Waals surface area contributed by atoms with Crippen molar-refractivity contribution in [3.63, 3.8) is 0 Å². The summed E-state index contributed by atoms with van der Waals surface area (Å²) in [5.41, 5.74) is 3.29. The third-order valence-corrected chi connectivity index (χ3v) is 3.00. The molecule has 1 heterocycles. The molecule has 0 saturated heterocycles. The SMILES string of the molecule is CCCC(OCC)c1nc(C)c(CNC)c(C)n1. The third kappa shape index (κ3) is 3.75. The highest BCUT2D eigenvalue weighted by Gasteiger charge is 2.16. The van der Waals surface area contributed by atoms with E-state index >= 15 is 0 Å². The zero-order valence-corrected chi connectivity index (χ0v) is 12.2. The fraction of sp³-hybridized carbons (Fsp3) is 0.714. The van der Waals surface area contributed by atoms with Gasteiger partial charge in [-0.2, -0.15) is 0 Å². The minimum atomic E-state index is 0.0287.